The van der Waals surface area contributed by atoms with E-state index < -0.39 is 11.6 Å². The zero-order valence-electron chi connectivity index (χ0n) is 14.0. The van der Waals surface area contributed by atoms with Crippen LogP contribution in [0.2, 0.25) is 0 Å². The van der Waals surface area contributed by atoms with Crippen LogP contribution in [0.15, 0.2) is 42.7 Å². The number of hydrogen-bond acceptors (Lipinski definition) is 5. The smallest absolute Gasteiger partial charge is 0.246 e. The van der Waals surface area contributed by atoms with Crippen LogP contribution in [0.25, 0.3) is 5.69 Å². The average Bonchev–Trinajstić information content (AvgIpc) is 2.99. The predicted octanol–water partition coefficient (Wildman–Crippen LogP) is 3.02. The number of halogens is 2. The Balaban J connectivity index is 0.00000210. The number of nitrogens with zero attached hydrogens (tertiary/aromatic N) is 4. The van der Waals surface area contributed by atoms with E-state index in [9.17, 15) is 13.9 Å². The van der Waals surface area contributed by atoms with Gasteiger partial charge in [-0.1, -0.05) is 0 Å². The fourth-order valence-corrected chi connectivity index (χ4v) is 2.93. The predicted molar refractivity (Wildman–Crippen MR) is 96.1 cm³/mol. The van der Waals surface area contributed by atoms with Crippen molar-refractivity contribution in [1.29, 1.82) is 0 Å². The molecule has 2 heterocycles. The van der Waals surface area contributed by atoms with Crippen LogP contribution in [0, 0.1) is 18.6 Å². The minimum absolute atomic E-state index is 0. The molecule has 0 bridgehead atoms. The van der Waals surface area contributed by atoms with Gasteiger partial charge in [-0.3, -0.25) is 0 Å². The molecule has 0 atom stereocenters. The van der Waals surface area contributed by atoms with E-state index in [0.717, 1.165) is 23.0 Å². The van der Waals surface area contributed by atoms with Gasteiger partial charge in [0.2, 0.25) is 5.95 Å². The maximum atomic E-state index is 13.4. The molecule has 1 fully saturated rings. The molecule has 1 saturated heterocycles. The third kappa shape index (κ3) is 3.36. The van der Waals surface area contributed by atoms with Crippen molar-refractivity contribution >= 4 is 17.3 Å². The molecule has 136 valence electrons. The first kappa shape index (κ1) is 16.5. The Labute approximate surface area is 150 Å². The zero-order chi connectivity index (χ0) is 18.3. The summed E-state index contributed by atoms with van der Waals surface area (Å²) in [6, 6.07) is 9.10. The van der Waals surface area contributed by atoms with Gasteiger partial charge in [0.15, 0.2) is 0 Å². The molecule has 0 saturated carbocycles. The van der Waals surface area contributed by atoms with Crippen molar-refractivity contribution in [1.82, 2.24) is 14.8 Å². The number of anilines is 3. The van der Waals surface area contributed by atoms with Gasteiger partial charge in [0.05, 0.1) is 11.8 Å². The Kier molecular flexibility index (Phi) is 4.04. The molecular formula is C18H19F2N5O. The van der Waals surface area contributed by atoms with Gasteiger partial charge in [0, 0.05) is 32.0 Å². The fraction of sp³-hybridized carbons (Fsp3) is 0.222. The van der Waals surface area contributed by atoms with Gasteiger partial charge in [-0.2, -0.15) is 4.98 Å². The highest BCUT2D eigenvalue weighted by Crippen LogP contribution is 2.27. The number of β-amino-alcohol motifs (C(OH)–C–C–N with tert-alkyl or cyclic N) is 1. The van der Waals surface area contributed by atoms with E-state index in [1.165, 1.54) is 23.1 Å². The summed E-state index contributed by atoms with van der Waals surface area (Å²) in [4.78, 5) is 6.21. The summed E-state index contributed by atoms with van der Waals surface area (Å²) >= 11 is 0. The van der Waals surface area contributed by atoms with E-state index in [0.29, 0.717) is 19.0 Å². The summed E-state index contributed by atoms with van der Waals surface area (Å²) < 4.78 is 28.0. The van der Waals surface area contributed by atoms with E-state index in [2.05, 4.69) is 20.3 Å². The second-order valence-corrected chi connectivity index (χ2v) is 6.38. The maximum Gasteiger partial charge on any atom is 0.246 e. The van der Waals surface area contributed by atoms with Crippen LogP contribution in [0.1, 0.15) is 6.99 Å². The molecule has 6 nitrogen and oxygen atoms in total. The van der Waals surface area contributed by atoms with Crippen molar-refractivity contribution in [3.8, 4) is 5.69 Å². The lowest BCUT2D eigenvalue weighted by Crippen LogP contribution is -2.50. The molecule has 4 rings (SSSR count). The van der Waals surface area contributed by atoms with Gasteiger partial charge in [-0.15, -0.1) is 5.10 Å². The van der Waals surface area contributed by atoms with E-state index >= 15 is 0 Å². The number of aromatic nitrogens is 3. The first-order chi connectivity index (χ1) is 12.5. The molecule has 0 spiro atoms. The van der Waals surface area contributed by atoms with Crippen molar-refractivity contribution < 1.29 is 15.3 Å². The quantitative estimate of drug-likeness (QED) is 0.750. The van der Waals surface area contributed by atoms with Gasteiger partial charge in [0.25, 0.3) is 0 Å². The lowest BCUT2D eigenvalue weighted by Gasteiger charge is -2.38. The average molecular weight is 359 g/mol. The van der Waals surface area contributed by atoms with Crippen molar-refractivity contribution in [2.45, 2.75) is 13.0 Å². The highest BCUT2D eigenvalue weighted by atomic mass is 19.1. The minimum Gasteiger partial charge on any atom is -0.389 e. The first-order valence-electron chi connectivity index (χ1n) is 8.16. The van der Waals surface area contributed by atoms with Crippen LogP contribution in [0.5, 0.6) is 0 Å². The van der Waals surface area contributed by atoms with Crippen molar-refractivity contribution in [3.05, 3.63) is 59.9 Å². The zero-order valence-corrected chi connectivity index (χ0v) is 14.0. The number of benzene rings is 2. The number of hydrogen-bond donors (Lipinski definition) is 2. The summed E-state index contributed by atoms with van der Waals surface area (Å²) in [5.74, 6) is -1.04. The van der Waals surface area contributed by atoms with Crippen molar-refractivity contribution in [2.75, 3.05) is 23.3 Å². The standard InChI is InChI=1S/C18H17F2N5O.H2/c1-11-2-14(7-15(3-11)24-8-17(26)9-24)22-18-21-10-25(23-18)16-5-12(19)4-13(20)6-16;/h2-7,10,17,26H,8-9H2,1H3,(H,22,23);1H. The van der Waals surface area contributed by atoms with Crippen molar-refractivity contribution in [3.63, 3.8) is 0 Å². The first-order valence-corrected chi connectivity index (χ1v) is 8.16. The maximum absolute atomic E-state index is 13.4. The van der Waals surface area contributed by atoms with Crippen LogP contribution in [-0.4, -0.2) is 39.1 Å². The Morgan fingerprint density at radius 1 is 1.08 bits per heavy atom. The minimum atomic E-state index is -0.676. The number of aryl methyl sites for hydroxylation is 1. The lowest BCUT2D eigenvalue weighted by atomic mass is 10.1. The molecule has 1 aromatic heterocycles. The topological polar surface area (TPSA) is 66.2 Å². The molecule has 8 heteroatoms. The van der Waals surface area contributed by atoms with E-state index in [4.69, 9.17) is 0 Å². The Morgan fingerprint density at radius 3 is 2.50 bits per heavy atom. The Bertz CT molecular complexity index is 938. The highest BCUT2D eigenvalue weighted by molar-refractivity contribution is 5.64. The largest absolute Gasteiger partial charge is 0.389 e. The Morgan fingerprint density at radius 2 is 1.81 bits per heavy atom. The van der Waals surface area contributed by atoms with Crippen LogP contribution >= 0.6 is 0 Å². The third-order valence-electron chi connectivity index (χ3n) is 4.15. The van der Waals surface area contributed by atoms with E-state index in [-0.39, 0.29) is 13.2 Å². The molecule has 0 amide bonds. The molecule has 26 heavy (non-hydrogen) atoms. The monoisotopic (exact) mass is 359 g/mol. The second-order valence-electron chi connectivity index (χ2n) is 6.38. The molecule has 1 aliphatic heterocycles. The third-order valence-corrected chi connectivity index (χ3v) is 4.15. The molecular weight excluding hydrogens is 340 g/mol. The summed E-state index contributed by atoms with van der Waals surface area (Å²) in [5.41, 5.74) is 3.11. The van der Waals surface area contributed by atoms with Crippen LogP contribution in [0.3, 0.4) is 0 Å². The molecule has 3 aromatic rings. The summed E-state index contributed by atoms with van der Waals surface area (Å²) in [6.07, 6.45) is 1.11. The number of aliphatic hydroxyl groups excluding tert-OH is 1. The number of nitrogens with one attached hydrogen (secondary N) is 1. The molecule has 0 unspecified atom stereocenters. The van der Waals surface area contributed by atoms with Gasteiger partial charge in [-0.05, 0) is 42.8 Å². The number of aliphatic hydroxyl groups is 1. The van der Waals surface area contributed by atoms with Gasteiger partial charge < -0.3 is 15.3 Å². The molecule has 0 radical (unpaired) electrons. The van der Waals surface area contributed by atoms with Gasteiger partial charge in [-0.25, -0.2) is 13.5 Å². The second kappa shape index (κ2) is 6.38. The normalized spacial score (nSPS) is 14.4. The summed E-state index contributed by atoms with van der Waals surface area (Å²) in [7, 11) is 0. The van der Waals surface area contributed by atoms with E-state index in [1.807, 2.05) is 25.1 Å². The lowest BCUT2D eigenvalue weighted by molar-refractivity contribution is 0.142. The fourth-order valence-electron chi connectivity index (χ4n) is 2.93. The van der Waals surface area contributed by atoms with Crippen LogP contribution in [-0.2, 0) is 0 Å². The summed E-state index contributed by atoms with van der Waals surface area (Å²) in [6.45, 7) is 3.20. The Hall–Kier alpha value is -3.00. The number of rotatable bonds is 4. The highest BCUT2D eigenvalue weighted by Gasteiger charge is 2.24. The molecule has 1 aliphatic rings. The van der Waals surface area contributed by atoms with Gasteiger partial charge in [0.1, 0.15) is 18.0 Å². The SMILES string of the molecule is Cc1cc(Nc2ncn(-c3cc(F)cc(F)c3)n2)cc(N2CC(O)C2)c1.[HH]. The summed E-state index contributed by atoms with van der Waals surface area (Å²) in [5, 5.41) is 16.8. The van der Waals surface area contributed by atoms with Crippen LogP contribution in [0.4, 0.5) is 26.1 Å². The van der Waals surface area contributed by atoms with Gasteiger partial charge >= 0.3 is 0 Å². The molecule has 2 aromatic carbocycles. The molecule has 2 N–H and O–H groups in total. The molecule has 0 aliphatic carbocycles. The van der Waals surface area contributed by atoms with Crippen molar-refractivity contribution in [2.24, 2.45) is 0 Å². The van der Waals surface area contributed by atoms with Crippen LogP contribution < -0.4 is 10.2 Å². The van der Waals surface area contributed by atoms with E-state index in [1.54, 1.807) is 0 Å².